The van der Waals surface area contributed by atoms with Gasteiger partial charge in [-0.2, -0.15) is 0 Å². The first-order valence-electron chi connectivity index (χ1n) is 8.05. The summed E-state index contributed by atoms with van der Waals surface area (Å²) in [5.74, 6) is 0. The molecule has 0 amide bonds. The van der Waals surface area contributed by atoms with Crippen molar-refractivity contribution < 1.29 is 0 Å². The molecule has 18 heavy (non-hydrogen) atoms. The van der Waals surface area contributed by atoms with Crippen molar-refractivity contribution in [2.45, 2.75) is 97.2 Å². The molecule has 0 radical (unpaired) electrons. The second kappa shape index (κ2) is 8.96. The van der Waals surface area contributed by atoms with E-state index in [1.165, 1.54) is 51.4 Å². The summed E-state index contributed by atoms with van der Waals surface area (Å²) in [6.07, 6.45) is 13.5. The smallest absolute Gasteiger partial charge is 0.0768 e. The molecule has 1 heteroatoms. The van der Waals surface area contributed by atoms with Gasteiger partial charge in [0, 0.05) is 0 Å². The molecule has 0 unspecified atom stereocenters. The Balaban J connectivity index is 3.81. The Morgan fingerprint density at radius 3 is 2.00 bits per heavy atom. The van der Waals surface area contributed by atoms with E-state index in [0.717, 1.165) is 0 Å². The van der Waals surface area contributed by atoms with Gasteiger partial charge in [-0.25, -0.2) is 0 Å². The van der Waals surface area contributed by atoms with Crippen molar-refractivity contribution in [2.24, 2.45) is 0 Å². The fourth-order valence-electron chi connectivity index (χ4n) is 2.10. The molecule has 0 aliphatic heterocycles. The third-order valence-corrected chi connectivity index (χ3v) is 9.80. The molecule has 0 fully saturated rings. The van der Waals surface area contributed by atoms with Crippen molar-refractivity contribution in [1.82, 2.24) is 0 Å². The molecular weight excluding hydrogens is 232 g/mol. The van der Waals surface area contributed by atoms with Crippen molar-refractivity contribution in [3.05, 3.63) is 11.8 Å². The Kier molecular flexibility index (Phi) is 8.93. The molecule has 0 aromatic rings. The molecule has 0 spiro atoms. The number of allylic oxidation sites excluding steroid dienone is 1. The van der Waals surface area contributed by atoms with E-state index in [1.54, 1.807) is 0 Å². The third-order valence-electron chi connectivity index (χ3n) is 4.89. The molecule has 0 aromatic carbocycles. The van der Waals surface area contributed by atoms with Crippen LogP contribution >= 0.6 is 0 Å². The van der Waals surface area contributed by atoms with Crippen LogP contribution in [0.5, 0.6) is 0 Å². The summed E-state index contributed by atoms with van der Waals surface area (Å²) >= 11 is 0. The van der Waals surface area contributed by atoms with Crippen molar-refractivity contribution in [1.29, 1.82) is 0 Å². The Bertz CT molecular complexity index is 226. The fourth-order valence-corrected chi connectivity index (χ4v) is 4.22. The summed E-state index contributed by atoms with van der Waals surface area (Å²) in [5, 5.41) is 0.532. The van der Waals surface area contributed by atoms with Crippen LogP contribution < -0.4 is 0 Å². The molecule has 0 aliphatic carbocycles. The maximum absolute atomic E-state index is 2.59. The van der Waals surface area contributed by atoms with Crippen LogP contribution in [0.1, 0.15) is 79.1 Å². The minimum atomic E-state index is -1.19. The van der Waals surface area contributed by atoms with Gasteiger partial charge in [-0.05, 0) is 17.9 Å². The third kappa shape index (κ3) is 6.77. The normalized spacial score (nSPS) is 13.4. The van der Waals surface area contributed by atoms with E-state index in [-0.39, 0.29) is 0 Å². The predicted molar refractivity (Wildman–Crippen MR) is 88.9 cm³/mol. The lowest BCUT2D eigenvalue weighted by molar-refractivity contribution is 0.610. The van der Waals surface area contributed by atoms with Gasteiger partial charge in [-0.15, -0.1) is 0 Å². The predicted octanol–water partition coefficient (Wildman–Crippen LogP) is 6.73. The highest BCUT2D eigenvalue weighted by atomic mass is 28.3. The van der Waals surface area contributed by atoms with Gasteiger partial charge in [0.1, 0.15) is 0 Å². The maximum Gasteiger partial charge on any atom is 0.0768 e. The monoisotopic (exact) mass is 268 g/mol. The molecule has 0 saturated heterocycles. The van der Waals surface area contributed by atoms with E-state index >= 15 is 0 Å². The zero-order valence-electron chi connectivity index (χ0n) is 13.8. The molecule has 108 valence electrons. The quantitative estimate of drug-likeness (QED) is 0.304. The zero-order chi connectivity index (χ0) is 14.1. The fraction of sp³-hybridized carbons (Fsp3) is 0.882. The molecule has 0 rings (SSSR count). The topological polar surface area (TPSA) is 0 Å². The number of hydrogen-bond acceptors (Lipinski definition) is 0. The van der Waals surface area contributed by atoms with Gasteiger partial charge in [0.05, 0.1) is 8.07 Å². The second-order valence-corrected chi connectivity index (χ2v) is 12.0. The van der Waals surface area contributed by atoms with Crippen LogP contribution in [-0.4, -0.2) is 8.07 Å². The number of rotatable bonds is 10. The first-order chi connectivity index (χ1) is 8.37. The van der Waals surface area contributed by atoms with Crippen molar-refractivity contribution in [3.8, 4) is 0 Å². The van der Waals surface area contributed by atoms with Crippen LogP contribution in [0.15, 0.2) is 11.8 Å². The summed E-state index contributed by atoms with van der Waals surface area (Å²) in [6.45, 7) is 14.5. The van der Waals surface area contributed by atoms with Gasteiger partial charge in [-0.1, -0.05) is 91.1 Å². The van der Waals surface area contributed by atoms with Gasteiger partial charge in [0.15, 0.2) is 0 Å². The van der Waals surface area contributed by atoms with Crippen LogP contribution in [0, 0.1) is 0 Å². The van der Waals surface area contributed by atoms with Crippen molar-refractivity contribution in [3.63, 3.8) is 0 Å². The average Bonchev–Trinajstić information content (AvgIpc) is 2.32. The minimum absolute atomic E-state index is 0.532. The van der Waals surface area contributed by atoms with Gasteiger partial charge in [-0.3, -0.25) is 0 Å². The SMILES string of the molecule is CCCCCCCCC=C[Si](C)(C)C(C)(C)CC. The standard InChI is InChI=1S/C17H36Si/c1-7-9-10-11-12-13-14-15-16-18(5,6)17(3,4)8-2/h15-16H,7-14H2,1-6H3. The number of unbranched alkanes of at least 4 members (excludes halogenated alkanes) is 6. The lowest BCUT2D eigenvalue weighted by Crippen LogP contribution is -2.36. The molecule has 0 aliphatic rings. The van der Waals surface area contributed by atoms with Crippen LogP contribution in [0.4, 0.5) is 0 Å². The summed E-state index contributed by atoms with van der Waals surface area (Å²) in [4.78, 5) is 0. The van der Waals surface area contributed by atoms with E-state index in [9.17, 15) is 0 Å². The van der Waals surface area contributed by atoms with Crippen LogP contribution in [0.3, 0.4) is 0 Å². The summed E-state index contributed by atoms with van der Waals surface area (Å²) in [6, 6.07) is 0. The molecule has 0 N–H and O–H groups in total. The summed E-state index contributed by atoms with van der Waals surface area (Å²) < 4.78 is 0. The van der Waals surface area contributed by atoms with Crippen LogP contribution in [0.2, 0.25) is 18.1 Å². The van der Waals surface area contributed by atoms with Gasteiger partial charge in [0.2, 0.25) is 0 Å². The van der Waals surface area contributed by atoms with E-state index in [4.69, 9.17) is 0 Å². The summed E-state index contributed by atoms with van der Waals surface area (Å²) in [7, 11) is -1.19. The van der Waals surface area contributed by atoms with Gasteiger partial charge < -0.3 is 0 Å². The Labute approximate surface area is 117 Å². The highest BCUT2D eigenvalue weighted by Gasteiger charge is 2.34. The molecule has 0 nitrogen and oxygen atoms in total. The molecule has 0 atom stereocenters. The van der Waals surface area contributed by atoms with E-state index in [0.29, 0.717) is 5.04 Å². The minimum Gasteiger partial charge on any atom is -0.0981 e. The van der Waals surface area contributed by atoms with E-state index in [1.807, 2.05) is 0 Å². The molecule has 0 saturated carbocycles. The first-order valence-corrected chi connectivity index (χ1v) is 11.1. The van der Waals surface area contributed by atoms with Gasteiger partial charge >= 0.3 is 0 Å². The summed E-state index contributed by atoms with van der Waals surface area (Å²) in [5.41, 5.74) is 2.59. The van der Waals surface area contributed by atoms with Crippen LogP contribution in [-0.2, 0) is 0 Å². The first kappa shape index (κ1) is 18.0. The van der Waals surface area contributed by atoms with Crippen LogP contribution in [0.25, 0.3) is 0 Å². The average molecular weight is 269 g/mol. The highest BCUT2D eigenvalue weighted by Crippen LogP contribution is 2.40. The maximum atomic E-state index is 2.59. The Hall–Kier alpha value is -0.0431. The molecule has 0 bridgehead atoms. The van der Waals surface area contributed by atoms with E-state index < -0.39 is 8.07 Å². The highest BCUT2D eigenvalue weighted by molar-refractivity contribution is 6.84. The number of hydrogen-bond donors (Lipinski definition) is 0. The second-order valence-electron chi connectivity index (χ2n) is 6.92. The lowest BCUT2D eigenvalue weighted by Gasteiger charge is -2.37. The van der Waals surface area contributed by atoms with Gasteiger partial charge in [0.25, 0.3) is 0 Å². The molecular formula is C17H36Si. The molecule has 0 heterocycles. The van der Waals surface area contributed by atoms with Crippen molar-refractivity contribution in [2.75, 3.05) is 0 Å². The van der Waals surface area contributed by atoms with E-state index in [2.05, 4.69) is 52.6 Å². The Morgan fingerprint density at radius 1 is 0.889 bits per heavy atom. The molecule has 0 aromatic heterocycles. The zero-order valence-corrected chi connectivity index (χ0v) is 14.8. The Morgan fingerprint density at radius 2 is 1.44 bits per heavy atom. The van der Waals surface area contributed by atoms with Crippen molar-refractivity contribution >= 4 is 8.07 Å². The lowest BCUT2D eigenvalue weighted by atomic mass is 10.1. The largest absolute Gasteiger partial charge is 0.0981 e.